The van der Waals surface area contributed by atoms with Crippen molar-refractivity contribution >= 4 is 0 Å². The predicted octanol–water partition coefficient (Wildman–Crippen LogP) is 2.95. The van der Waals surface area contributed by atoms with Gasteiger partial charge in [0.25, 0.3) is 0 Å². The smallest absolute Gasteiger partial charge is 0.165 e. The van der Waals surface area contributed by atoms with Gasteiger partial charge in [-0.2, -0.15) is 0 Å². The number of pyridine rings is 1. The van der Waals surface area contributed by atoms with Crippen LogP contribution >= 0.6 is 0 Å². The number of rotatable bonds is 6. The van der Waals surface area contributed by atoms with Crippen LogP contribution in [0.4, 0.5) is 0 Å². The second-order valence-corrected chi connectivity index (χ2v) is 4.54. The summed E-state index contributed by atoms with van der Waals surface area (Å²) < 4.78 is 10.7. The second-order valence-electron chi connectivity index (χ2n) is 4.54. The molecule has 0 fully saturated rings. The lowest BCUT2D eigenvalue weighted by Crippen LogP contribution is -2.18. The number of nitrogens with one attached hydrogen (secondary N) is 1. The maximum absolute atomic E-state index is 5.43. The van der Waals surface area contributed by atoms with E-state index in [1.807, 2.05) is 30.3 Å². The molecule has 0 saturated heterocycles. The summed E-state index contributed by atoms with van der Waals surface area (Å²) in [5, 5.41) is 3.48. The Kier molecular flexibility index (Phi) is 4.96. The van der Waals surface area contributed by atoms with Gasteiger partial charge in [-0.3, -0.25) is 4.98 Å². The number of hydrogen-bond donors (Lipinski definition) is 1. The van der Waals surface area contributed by atoms with Gasteiger partial charge in [0.15, 0.2) is 11.5 Å². The Labute approximate surface area is 119 Å². The first-order valence-corrected chi connectivity index (χ1v) is 6.59. The zero-order valence-corrected chi connectivity index (χ0v) is 12.1. The highest BCUT2D eigenvalue weighted by molar-refractivity contribution is 5.46. The third-order valence-corrected chi connectivity index (χ3v) is 3.29. The number of nitrogens with zero attached hydrogens (tertiary/aromatic N) is 1. The minimum absolute atomic E-state index is 0.244. The van der Waals surface area contributed by atoms with E-state index >= 15 is 0 Å². The maximum Gasteiger partial charge on any atom is 0.165 e. The average molecular weight is 272 g/mol. The largest absolute Gasteiger partial charge is 0.493 e. The number of para-hydroxylation sites is 1. The van der Waals surface area contributed by atoms with E-state index in [-0.39, 0.29) is 6.04 Å². The molecule has 1 N–H and O–H groups in total. The van der Waals surface area contributed by atoms with Gasteiger partial charge in [-0.25, -0.2) is 0 Å². The van der Waals surface area contributed by atoms with E-state index in [0.717, 1.165) is 17.1 Å². The summed E-state index contributed by atoms with van der Waals surface area (Å²) in [5.74, 6) is 1.53. The van der Waals surface area contributed by atoms with Crippen LogP contribution in [0.25, 0.3) is 0 Å². The van der Waals surface area contributed by atoms with Gasteiger partial charge in [-0.05, 0) is 30.7 Å². The maximum atomic E-state index is 5.43. The summed E-state index contributed by atoms with van der Waals surface area (Å²) >= 11 is 0. The van der Waals surface area contributed by atoms with Crippen molar-refractivity contribution in [3.63, 3.8) is 0 Å². The number of aromatic nitrogens is 1. The van der Waals surface area contributed by atoms with Crippen LogP contribution in [0, 0.1) is 0 Å². The molecule has 106 valence electrons. The molecule has 1 heterocycles. The van der Waals surface area contributed by atoms with Gasteiger partial charge in [0.2, 0.25) is 0 Å². The van der Waals surface area contributed by atoms with Crippen molar-refractivity contribution in [1.29, 1.82) is 0 Å². The predicted molar refractivity (Wildman–Crippen MR) is 79.0 cm³/mol. The van der Waals surface area contributed by atoms with Gasteiger partial charge in [-0.1, -0.05) is 12.1 Å². The fourth-order valence-electron chi connectivity index (χ4n) is 2.13. The fraction of sp³-hybridized carbons (Fsp3) is 0.312. The summed E-state index contributed by atoms with van der Waals surface area (Å²) in [6.07, 6.45) is 3.61. The topological polar surface area (TPSA) is 43.4 Å². The van der Waals surface area contributed by atoms with E-state index in [2.05, 4.69) is 17.2 Å². The van der Waals surface area contributed by atoms with Gasteiger partial charge in [0, 0.05) is 30.5 Å². The van der Waals surface area contributed by atoms with Crippen molar-refractivity contribution in [3.8, 4) is 11.5 Å². The number of methoxy groups -OCH3 is 2. The van der Waals surface area contributed by atoms with Crippen molar-refractivity contribution in [1.82, 2.24) is 10.3 Å². The van der Waals surface area contributed by atoms with Crippen molar-refractivity contribution in [3.05, 3.63) is 53.9 Å². The van der Waals surface area contributed by atoms with Gasteiger partial charge < -0.3 is 14.8 Å². The van der Waals surface area contributed by atoms with E-state index in [1.165, 1.54) is 5.56 Å². The monoisotopic (exact) mass is 272 g/mol. The Morgan fingerprint density at radius 1 is 1.10 bits per heavy atom. The van der Waals surface area contributed by atoms with E-state index in [0.29, 0.717) is 6.54 Å². The highest BCUT2D eigenvalue weighted by Crippen LogP contribution is 2.30. The van der Waals surface area contributed by atoms with E-state index in [1.54, 1.807) is 26.6 Å². The summed E-state index contributed by atoms with van der Waals surface area (Å²) in [5.41, 5.74) is 2.29. The molecule has 2 aromatic rings. The van der Waals surface area contributed by atoms with Gasteiger partial charge in [0.1, 0.15) is 0 Å². The summed E-state index contributed by atoms with van der Waals surface area (Å²) in [6, 6.07) is 10.2. The Morgan fingerprint density at radius 3 is 2.50 bits per heavy atom. The molecule has 0 bridgehead atoms. The zero-order chi connectivity index (χ0) is 14.4. The van der Waals surface area contributed by atoms with E-state index < -0.39 is 0 Å². The van der Waals surface area contributed by atoms with Crippen molar-refractivity contribution < 1.29 is 9.47 Å². The van der Waals surface area contributed by atoms with Crippen molar-refractivity contribution in [2.45, 2.75) is 19.5 Å². The molecule has 4 heteroatoms. The normalized spacial score (nSPS) is 11.9. The molecule has 20 heavy (non-hydrogen) atoms. The van der Waals surface area contributed by atoms with Gasteiger partial charge in [0.05, 0.1) is 14.2 Å². The molecule has 0 unspecified atom stereocenters. The standard InChI is InChI=1S/C16H20N2O2/c1-12(13-7-9-17-10-8-13)18-11-14-5-4-6-15(19-2)16(14)20-3/h4-10,12,18H,11H2,1-3H3/t12-/m1/s1. The molecule has 0 amide bonds. The van der Waals surface area contributed by atoms with Gasteiger partial charge in [-0.15, -0.1) is 0 Å². The summed E-state index contributed by atoms with van der Waals surface area (Å²) in [4.78, 5) is 4.03. The molecule has 4 nitrogen and oxygen atoms in total. The Hall–Kier alpha value is -2.07. The third kappa shape index (κ3) is 3.27. The van der Waals surface area contributed by atoms with Crippen LogP contribution in [0.5, 0.6) is 11.5 Å². The minimum Gasteiger partial charge on any atom is -0.493 e. The molecular formula is C16H20N2O2. The lowest BCUT2D eigenvalue weighted by atomic mass is 10.1. The molecule has 1 aromatic heterocycles. The summed E-state index contributed by atoms with van der Waals surface area (Å²) in [6.45, 7) is 2.84. The van der Waals surface area contributed by atoms with Gasteiger partial charge >= 0.3 is 0 Å². The average Bonchev–Trinajstić information content (AvgIpc) is 2.52. The van der Waals surface area contributed by atoms with Crippen LogP contribution in [-0.4, -0.2) is 19.2 Å². The lowest BCUT2D eigenvalue weighted by Gasteiger charge is -2.17. The molecule has 2 rings (SSSR count). The van der Waals surface area contributed by atoms with E-state index in [9.17, 15) is 0 Å². The first-order chi connectivity index (χ1) is 9.76. The van der Waals surface area contributed by atoms with Crippen molar-refractivity contribution in [2.75, 3.05) is 14.2 Å². The van der Waals surface area contributed by atoms with Crippen LogP contribution in [-0.2, 0) is 6.54 Å². The van der Waals surface area contributed by atoms with E-state index in [4.69, 9.17) is 9.47 Å². The molecule has 0 spiro atoms. The number of hydrogen-bond acceptors (Lipinski definition) is 4. The summed E-state index contributed by atoms with van der Waals surface area (Å²) in [7, 11) is 3.31. The molecule has 0 aliphatic heterocycles. The van der Waals surface area contributed by atoms with Crippen LogP contribution in [0.2, 0.25) is 0 Å². The molecule has 0 aliphatic rings. The van der Waals surface area contributed by atoms with Crippen LogP contribution in [0.3, 0.4) is 0 Å². The number of ether oxygens (including phenoxy) is 2. The molecule has 1 aromatic carbocycles. The second kappa shape index (κ2) is 6.91. The highest BCUT2D eigenvalue weighted by Gasteiger charge is 2.11. The minimum atomic E-state index is 0.244. The molecular weight excluding hydrogens is 252 g/mol. The quantitative estimate of drug-likeness (QED) is 0.878. The first-order valence-electron chi connectivity index (χ1n) is 6.59. The Morgan fingerprint density at radius 2 is 1.85 bits per heavy atom. The SMILES string of the molecule is COc1cccc(CN[C@H](C)c2ccncc2)c1OC. The van der Waals surface area contributed by atoms with Crippen LogP contribution in [0.15, 0.2) is 42.7 Å². The lowest BCUT2D eigenvalue weighted by molar-refractivity contribution is 0.350. The Bertz CT molecular complexity index is 543. The zero-order valence-electron chi connectivity index (χ0n) is 12.1. The molecule has 0 aliphatic carbocycles. The highest BCUT2D eigenvalue weighted by atomic mass is 16.5. The Balaban J connectivity index is 2.07. The number of benzene rings is 1. The molecule has 0 saturated carbocycles. The third-order valence-electron chi connectivity index (χ3n) is 3.29. The van der Waals surface area contributed by atoms with Crippen molar-refractivity contribution in [2.24, 2.45) is 0 Å². The van der Waals surface area contributed by atoms with Crippen LogP contribution in [0.1, 0.15) is 24.1 Å². The first kappa shape index (κ1) is 14.3. The fourth-order valence-corrected chi connectivity index (χ4v) is 2.13. The molecule has 1 atom stereocenters. The molecule has 0 radical (unpaired) electrons. The van der Waals surface area contributed by atoms with Crippen LogP contribution < -0.4 is 14.8 Å².